The van der Waals surface area contributed by atoms with Crippen LogP contribution in [0.5, 0.6) is 11.5 Å². The number of carbonyl (C=O) groups is 1. The number of anilines is 1. The van der Waals surface area contributed by atoms with Crippen molar-refractivity contribution in [3.05, 3.63) is 48.4 Å². The Morgan fingerprint density at radius 1 is 1.43 bits per heavy atom. The zero-order chi connectivity index (χ0) is 16.2. The summed E-state index contributed by atoms with van der Waals surface area (Å²) in [6, 6.07) is 5.67. The van der Waals surface area contributed by atoms with Crippen molar-refractivity contribution in [1.82, 2.24) is 9.97 Å². The molecule has 0 saturated carbocycles. The van der Waals surface area contributed by atoms with Gasteiger partial charge in [0.1, 0.15) is 5.75 Å². The highest BCUT2D eigenvalue weighted by molar-refractivity contribution is 6.02. The number of nitrogens with zero attached hydrogens (tertiary/aromatic N) is 2. The van der Waals surface area contributed by atoms with E-state index in [1.807, 2.05) is 30.0 Å². The normalized spacial score (nSPS) is 14.7. The van der Waals surface area contributed by atoms with Gasteiger partial charge in [-0.05, 0) is 25.5 Å². The lowest BCUT2D eigenvalue weighted by atomic mass is 10.2. The molecule has 0 fully saturated rings. The third-order valence-corrected chi connectivity index (χ3v) is 3.48. The third-order valence-electron chi connectivity index (χ3n) is 3.48. The Labute approximate surface area is 134 Å². The Balaban J connectivity index is 1.86. The zero-order valence-electron chi connectivity index (χ0n) is 13.2. The van der Waals surface area contributed by atoms with E-state index < -0.39 is 0 Å². The van der Waals surface area contributed by atoms with Crippen LogP contribution in [0.25, 0.3) is 0 Å². The fourth-order valence-corrected chi connectivity index (χ4v) is 2.40. The number of allylic oxidation sites excluding steroid dienone is 1. The summed E-state index contributed by atoms with van der Waals surface area (Å²) in [5.74, 6) is 2.08. The monoisotopic (exact) mass is 313 g/mol. The molecule has 1 aliphatic heterocycles. The minimum absolute atomic E-state index is 0.223. The smallest absolute Gasteiger partial charge is 0.226 e. The molecule has 0 radical (unpaired) electrons. The number of imidazole rings is 1. The van der Waals surface area contributed by atoms with Gasteiger partial charge in [0, 0.05) is 25.0 Å². The lowest BCUT2D eigenvalue weighted by Gasteiger charge is -2.15. The van der Waals surface area contributed by atoms with Crippen LogP contribution in [-0.2, 0) is 0 Å². The number of carbonyl (C=O) groups excluding carboxylic acids is 1. The molecule has 0 amide bonds. The van der Waals surface area contributed by atoms with Gasteiger partial charge in [0.2, 0.25) is 11.7 Å². The van der Waals surface area contributed by atoms with Gasteiger partial charge >= 0.3 is 0 Å². The second-order valence-electron chi connectivity index (χ2n) is 5.11. The summed E-state index contributed by atoms with van der Waals surface area (Å²) in [4.78, 5) is 20.9. The van der Waals surface area contributed by atoms with Gasteiger partial charge in [-0.15, -0.1) is 0 Å². The maximum Gasteiger partial charge on any atom is 0.226 e. The molecule has 3 rings (SSSR count). The topological polar surface area (TPSA) is 67.5 Å². The highest BCUT2D eigenvalue weighted by Gasteiger charge is 2.26. The van der Waals surface area contributed by atoms with Crippen molar-refractivity contribution in [2.75, 3.05) is 18.1 Å². The Morgan fingerprint density at radius 3 is 3.00 bits per heavy atom. The van der Waals surface area contributed by atoms with E-state index in [-0.39, 0.29) is 5.78 Å². The number of H-pyrrole nitrogens is 1. The van der Waals surface area contributed by atoms with Crippen LogP contribution < -0.4 is 14.4 Å². The molecule has 0 spiro atoms. The number of hydrogen-bond donors (Lipinski definition) is 1. The molecular weight excluding hydrogens is 294 g/mol. The summed E-state index contributed by atoms with van der Waals surface area (Å²) < 4.78 is 11.5. The molecule has 0 atom stereocenters. The number of ether oxygens (including phenoxy) is 2. The molecule has 0 unspecified atom stereocenters. The molecule has 2 heterocycles. The van der Waals surface area contributed by atoms with Crippen molar-refractivity contribution in [1.29, 1.82) is 0 Å². The van der Waals surface area contributed by atoms with E-state index in [0.29, 0.717) is 30.6 Å². The number of benzene rings is 1. The number of nitrogens with one attached hydrogen (secondary N) is 1. The first kappa shape index (κ1) is 15.1. The lowest BCUT2D eigenvalue weighted by Crippen LogP contribution is -2.20. The summed E-state index contributed by atoms with van der Waals surface area (Å²) in [7, 11) is 0. The summed E-state index contributed by atoms with van der Waals surface area (Å²) in [5, 5.41) is 0. The van der Waals surface area contributed by atoms with Crippen molar-refractivity contribution in [3.63, 3.8) is 0 Å². The van der Waals surface area contributed by atoms with Crippen LogP contribution >= 0.6 is 0 Å². The van der Waals surface area contributed by atoms with Crippen molar-refractivity contribution in [2.24, 2.45) is 0 Å². The average molecular weight is 313 g/mol. The van der Waals surface area contributed by atoms with E-state index in [0.717, 1.165) is 17.9 Å². The van der Waals surface area contributed by atoms with Gasteiger partial charge in [0.15, 0.2) is 11.6 Å². The maximum absolute atomic E-state index is 12.2. The third kappa shape index (κ3) is 3.06. The van der Waals surface area contributed by atoms with Gasteiger partial charge in [0.25, 0.3) is 0 Å². The van der Waals surface area contributed by atoms with E-state index in [4.69, 9.17) is 9.47 Å². The van der Waals surface area contributed by atoms with Crippen LogP contribution in [-0.4, -0.2) is 28.9 Å². The molecule has 2 aromatic rings. The van der Waals surface area contributed by atoms with Gasteiger partial charge in [0.05, 0.1) is 18.4 Å². The molecule has 0 aliphatic carbocycles. The van der Waals surface area contributed by atoms with Gasteiger partial charge in [-0.25, -0.2) is 4.98 Å². The minimum Gasteiger partial charge on any atom is -0.494 e. The van der Waals surface area contributed by atoms with E-state index in [9.17, 15) is 4.79 Å². The first-order valence-electron chi connectivity index (χ1n) is 7.70. The summed E-state index contributed by atoms with van der Waals surface area (Å²) >= 11 is 0. The molecule has 6 heteroatoms. The second-order valence-corrected chi connectivity index (χ2v) is 5.11. The van der Waals surface area contributed by atoms with Crippen LogP contribution in [0.3, 0.4) is 0 Å². The maximum atomic E-state index is 12.2. The lowest BCUT2D eigenvalue weighted by molar-refractivity contribution is 0.103. The van der Waals surface area contributed by atoms with Crippen LogP contribution in [0.1, 0.15) is 30.9 Å². The largest absolute Gasteiger partial charge is 0.494 e. The standard InChI is InChI=1S/C17H19N3O3/c1-3-9-22-12-5-6-15-13(10-12)20(4-2)16(23-15)11-14(21)17-18-7-8-19-17/h5-8,10-11H,3-4,9H2,1-2H3,(H,18,19)/b16-11-. The predicted molar refractivity (Wildman–Crippen MR) is 86.9 cm³/mol. The molecule has 1 N–H and O–H groups in total. The first-order valence-corrected chi connectivity index (χ1v) is 7.70. The van der Waals surface area contributed by atoms with Gasteiger partial charge < -0.3 is 19.4 Å². The van der Waals surface area contributed by atoms with Gasteiger partial charge in [-0.3, -0.25) is 4.79 Å². The highest BCUT2D eigenvalue weighted by atomic mass is 16.5. The number of hydrogen-bond acceptors (Lipinski definition) is 5. The fraction of sp³-hybridized carbons (Fsp3) is 0.294. The number of aromatic nitrogens is 2. The van der Waals surface area contributed by atoms with E-state index in [2.05, 4.69) is 16.9 Å². The van der Waals surface area contributed by atoms with Gasteiger partial charge in [-0.2, -0.15) is 0 Å². The summed E-state index contributed by atoms with van der Waals surface area (Å²) in [6.07, 6.45) is 5.57. The Morgan fingerprint density at radius 2 is 2.30 bits per heavy atom. The average Bonchev–Trinajstić information content (AvgIpc) is 3.19. The quantitative estimate of drug-likeness (QED) is 0.655. The molecular formula is C17H19N3O3. The van der Waals surface area contributed by atoms with Crippen molar-refractivity contribution >= 4 is 11.5 Å². The number of aromatic amines is 1. The number of fused-ring (bicyclic) bond motifs is 1. The van der Waals surface area contributed by atoms with Crippen LogP contribution in [0.15, 0.2) is 42.6 Å². The Hall–Kier alpha value is -2.76. The van der Waals surface area contributed by atoms with E-state index in [1.54, 1.807) is 12.4 Å². The van der Waals surface area contributed by atoms with Crippen LogP contribution in [0.2, 0.25) is 0 Å². The number of ketones is 1. The van der Waals surface area contributed by atoms with Crippen molar-refractivity contribution in [3.8, 4) is 11.5 Å². The molecule has 0 saturated heterocycles. The van der Waals surface area contributed by atoms with E-state index in [1.165, 1.54) is 6.08 Å². The van der Waals surface area contributed by atoms with E-state index >= 15 is 0 Å². The van der Waals surface area contributed by atoms with Crippen LogP contribution in [0, 0.1) is 0 Å². The molecule has 1 aromatic carbocycles. The Bertz CT molecular complexity index is 723. The van der Waals surface area contributed by atoms with Crippen LogP contribution in [0.4, 0.5) is 5.69 Å². The fourth-order valence-electron chi connectivity index (χ4n) is 2.40. The summed E-state index contributed by atoms with van der Waals surface area (Å²) in [6.45, 7) is 5.42. The molecule has 23 heavy (non-hydrogen) atoms. The molecule has 0 bridgehead atoms. The first-order chi connectivity index (χ1) is 11.2. The number of rotatable bonds is 6. The Kier molecular flexibility index (Phi) is 4.32. The molecule has 120 valence electrons. The van der Waals surface area contributed by atoms with Gasteiger partial charge in [-0.1, -0.05) is 6.92 Å². The zero-order valence-corrected chi connectivity index (χ0v) is 13.2. The molecule has 1 aliphatic rings. The minimum atomic E-state index is -0.223. The van der Waals surface area contributed by atoms with Crippen molar-refractivity contribution < 1.29 is 14.3 Å². The highest BCUT2D eigenvalue weighted by Crippen LogP contribution is 2.41. The predicted octanol–water partition coefficient (Wildman–Crippen LogP) is 3.14. The SMILES string of the molecule is CCCOc1ccc2c(c1)N(CC)/C(=C/C(=O)c1ncc[nH]1)O2. The molecule has 6 nitrogen and oxygen atoms in total. The summed E-state index contributed by atoms with van der Waals surface area (Å²) in [5.41, 5.74) is 0.902. The van der Waals surface area contributed by atoms with Crippen molar-refractivity contribution in [2.45, 2.75) is 20.3 Å². The second kappa shape index (κ2) is 6.56. The molecule has 1 aromatic heterocycles.